The summed E-state index contributed by atoms with van der Waals surface area (Å²) in [6, 6.07) is 19.1. The first-order chi connectivity index (χ1) is 15.2. The number of rotatable bonds is 5. The van der Waals surface area contributed by atoms with E-state index in [9.17, 15) is 9.59 Å². The number of carbonyl (C=O) groups is 1. The van der Waals surface area contributed by atoms with Crippen LogP contribution in [0.15, 0.2) is 65.5 Å². The van der Waals surface area contributed by atoms with Gasteiger partial charge in [-0.15, -0.1) is 0 Å². The zero-order valence-corrected chi connectivity index (χ0v) is 17.6. The van der Waals surface area contributed by atoms with E-state index in [4.69, 9.17) is 0 Å². The van der Waals surface area contributed by atoms with E-state index in [0.29, 0.717) is 27.8 Å². The lowest BCUT2D eigenvalue weighted by Gasteiger charge is -2.23. The molecular formula is C23H21N5O2S. The van der Waals surface area contributed by atoms with E-state index in [1.54, 1.807) is 0 Å². The molecule has 1 fully saturated rings. The average Bonchev–Trinajstić information content (AvgIpc) is 3.46. The van der Waals surface area contributed by atoms with Crippen molar-refractivity contribution in [2.24, 2.45) is 0 Å². The van der Waals surface area contributed by atoms with E-state index in [-0.39, 0.29) is 17.5 Å². The average molecular weight is 432 g/mol. The van der Waals surface area contributed by atoms with Crippen molar-refractivity contribution in [1.29, 1.82) is 0 Å². The minimum atomic E-state index is -0.294. The maximum absolute atomic E-state index is 12.9. The van der Waals surface area contributed by atoms with Gasteiger partial charge in [0, 0.05) is 18.7 Å². The molecule has 0 radical (unpaired) electrons. The Morgan fingerprint density at radius 2 is 1.84 bits per heavy atom. The number of anilines is 1. The van der Waals surface area contributed by atoms with Crippen LogP contribution in [0, 0.1) is 0 Å². The lowest BCUT2D eigenvalue weighted by molar-refractivity contribution is -0.122. The number of aromatic nitrogens is 3. The van der Waals surface area contributed by atoms with Crippen LogP contribution in [0.25, 0.3) is 21.7 Å². The molecule has 1 unspecified atom stereocenters. The Kier molecular flexibility index (Phi) is 5.21. The molecule has 0 bridgehead atoms. The molecule has 31 heavy (non-hydrogen) atoms. The fraction of sp³-hybridized carbons (Fsp3) is 0.217. The Labute approximate surface area is 182 Å². The fourth-order valence-electron chi connectivity index (χ4n) is 3.85. The molecule has 0 saturated carbocycles. The van der Waals surface area contributed by atoms with Crippen molar-refractivity contribution in [3.05, 3.63) is 76.6 Å². The predicted molar refractivity (Wildman–Crippen MR) is 122 cm³/mol. The SMILES string of the molecule is O=C(NCc1ccccc1)C1CCCN1c1nc2c(=O)[nH]c(-c3ccccc3)nc2s1. The van der Waals surface area contributed by atoms with Crippen molar-refractivity contribution < 1.29 is 4.79 Å². The molecule has 1 saturated heterocycles. The van der Waals surface area contributed by atoms with Crippen molar-refractivity contribution in [2.45, 2.75) is 25.4 Å². The van der Waals surface area contributed by atoms with Gasteiger partial charge in [0.1, 0.15) is 11.9 Å². The Morgan fingerprint density at radius 1 is 1.10 bits per heavy atom. The third-order valence-electron chi connectivity index (χ3n) is 5.42. The summed E-state index contributed by atoms with van der Waals surface area (Å²) in [5, 5.41) is 3.69. The molecule has 3 heterocycles. The summed E-state index contributed by atoms with van der Waals surface area (Å²) in [6.07, 6.45) is 1.66. The van der Waals surface area contributed by atoms with E-state index in [0.717, 1.165) is 30.5 Å². The molecule has 0 aliphatic carbocycles. The van der Waals surface area contributed by atoms with Gasteiger partial charge in [-0.25, -0.2) is 9.97 Å². The highest BCUT2D eigenvalue weighted by molar-refractivity contribution is 7.21. The van der Waals surface area contributed by atoms with E-state index in [2.05, 4.69) is 20.3 Å². The quantitative estimate of drug-likeness (QED) is 0.506. The zero-order chi connectivity index (χ0) is 21.2. The van der Waals surface area contributed by atoms with Crippen LogP contribution in [-0.2, 0) is 11.3 Å². The standard InChI is InChI=1S/C23H21N5O2S/c29-20(24-14-15-8-3-1-4-9-15)17-12-7-13-28(17)23-25-18-21(30)26-19(27-22(18)31-23)16-10-5-2-6-11-16/h1-6,8-11,17H,7,12-14H2,(H,24,29)(H,26,27,30). The normalized spacial score (nSPS) is 16.0. The molecule has 2 N–H and O–H groups in total. The van der Waals surface area contributed by atoms with Crippen molar-refractivity contribution in [2.75, 3.05) is 11.4 Å². The highest BCUT2D eigenvalue weighted by Crippen LogP contribution is 2.32. The number of amides is 1. The van der Waals surface area contributed by atoms with Gasteiger partial charge in [0.15, 0.2) is 15.5 Å². The third kappa shape index (κ3) is 3.94. The number of hydrogen-bond acceptors (Lipinski definition) is 6. The number of carbonyl (C=O) groups excluding carboxylic acids is 1. The summed E-state index contributed by atoms with van der Waals surface area (Å²) in [6.45, 7) is 1.22. The highest BCUT2D eigenvalue weighted by Gasteiger charge is 2.33. The second kappa shape index (κ2) is 8.31. The van der Waals surface area contributed by atoms with E-state index < -0.39 is 0 Å². The first-order valence-corrected chi connectivity index (χ1v) is 11.1. The summed E-state index contributed by atoms with van der Waals surface area (Å²) in [7, 11) is 0. The summed E-state index contributed by atoms with van der Waals surface area (Å²) in [4.78, 5) is 40.0. The molecule has 7 nitrogen and oxygen atoms in total. The van der Waals surface area contributed by atoms with Crippen LogP contribution in [0.4, 0.5) is 5.13 Å². The van der Waals surface area contributed by atoms with E-state index >= 15 is 0 Å². The van der Waals surface area contributed by atoms with Gasteiger partial charge >= 0.3 is 0 Å². The Bertz CT molecular complexity index is 1270. The fourth-order valence-corrected chi connectivity index (χ4v) is 4.87. The zero-order valence-electron chi connectivity index (χ0n) is 16.7. The van der Waals surface area contributed by atoms with E-state index in [1.807, 2.05) is 65.6 Å². The van der Waals surface area contributed by atoms with Crippen molar-refractivity contribution >= 4 is 32.7 Å². The van der Waals surface area contributed by atoms with Gasteiger partial charge < -0.3 is 15.2 Å². The van der Waals surface area contributed by atoms with Crippen LogP contribution in [-0.4, -0.2) is 33.4 Å². The van der Waals surface area contributed by atoms with Crippen LogP contribution in [0.1, 0.15) is 18.4 Å². The number of aromatic amines is 1. The maximum atomic E-state index is 12.9. The van der Waals surface area contributed by atoms with Gasteiger partial charge in [0.25, 0.3) is 5.56 Å². The van der Waals surface area contributed by atoms with Crippen LogP contribution >= 0.6 is 11.3 Å². The first-order valence-electron chi connectivity index (χ1n) is 10.2. The summed E-state index contributed by atoms with van der Waals surface area (Å²) >= 11 is 1.36. The van der Waals surface area contributed by atoms with Gasteiger partial charge in [-0.05, 0) is 18.4 Å². The van der Waals surface area contributed by atoms with Crippen molar-refractivity contribution in [3.8, 4) is 11.4 Å². The van der Waals surface area contributed by atoms with Crippen LogP contribution < -0.4 is 15.8 Å². The van der Waals surface area contributed by atoms with E-state index in [1.165, 1.54) is 11.3 Å². The van der Waals surface area contributed by atoms with Gasteiger partial charge in [-0.3, -0.25) is 9.59 Å². The molecule has 8 heteroatoms. The molecule has 2 aromatic carbocycles. The van der Waals surface area contributed by atoms with Crippen molar-refractivity contribution in [3.63, 3.8) is 0 Å². The smallest absolute Gasteiger partial charge is 0.278 e. The van der Waals surface area contributed by atoms with Crippen LogP contribution in [0.5, 0.6) is 0 Å². The predicted octanol–water partition coefficient (Wildman–Crippen LogP) is 3.33. The Balaban J connectivity index is 1.39. The van der Waals surface area contributed by atoms with Gasteiger partial charge in [0.2, 0.25) is 5.91 Å². The lowest BCUT2D eigenvalue weighted by atomic mass is 10.2. The van der Waals surface area contributed by atoms with Crippen molar-refractivity contribution in [1.82, 2.24) is 20.3 Å². The topological polar surface area (TPSA) is 91.0 Å². The second-order valence-electron chi connectivity index (χ2n) is 7.49. The minimum absolute atomic E-state index is 0.0209. The number of nitrogens with zero attached hydrogens (tertiary/aromatic N) is 3. The van der Waals surface area contributed by atoms with Gasteiger partial charge in [0.05, 0.1) is 0 Å². The third-order valence-corrected chi connectivity index (χ3v) is 6.40. The van der Waals surface area contributed by atoms with Crippen LogP contribution in [0.2, 0.25) is 0 Å². The number of nitrogens with one attached hydrogen (secondary N) is 2. The molecule has 5 rings (SSSR count). The van der Waals surface area contributed by atoms with Gasteiger partial charge in [-0.2, -0.15) is 0 Å². The molecular weight excluding hydrogens is 410 g/mol. The molecule has 0 spiro atoms. The molecule has 1 aliphatic heterocycles. The largest absolute Gasteiger partial charge is 0.350 e. The first kappa shape index (κ1) is 19.4. The summed E-state index contributed by atoms with van der Waals surface area (Å²) in [5.41, 5.74) is 1.95. The molecule has 156 valence electrons. The maximum Gasteiger partial charge on any atom is 0.278 e. The summed E-state index contributed by atoms with van der Waals surface area (Å²) in [5.74, 6) is 0.499. The molecule has 1 aliphatic rings. The molecule has 4 aromatic rings. The second-order valence-corrected chi connectivity index (χ2v) is 8.44. The summed E-state index contributed by atoms with van der Waals surface area (Å²) < 4.78 is 0. The minimum Gasteiger partial charge on any atom is -0.350 e. The highest BCUT2D eigenvalue weighted by atomic mass is 32.1. The number of benzene rings is 2. The number of thiazole rings is 1. The monoisotopic (exact) mass is 431 g/mol. The Hall–Kier alpha value is -3.52. The van der Waals surface area contributed by atoms with Crippen LogP contribution in [0.3, 0.4) is 0 Å². The Morgan fingerprint density at radius 3 is 2.61 bits per heavy atom. The molecule has 1 amide bonds. The number of fused-ring (bicyclic) bond motifs is 1. The lowest BCUT2D eigenvalue weighted by Crippen LogP contribution is -2.43. The number of hydrogen-bond donors (Lipinski definition) is 2. The molecule has 1 atom stereocenters. The van der Waals surface area contributed by atoms with Gasteiger partial charge in [-0.1, -0.05) is 72.0 Å². The molecule has 2 aromatic heterocycles. The number of H-pyrrole nitrogens is 1.